The van der Waals surface area contributed by atoms with E-state index in [1.807, 2.05) is 38.1 Å². The molecule has 4 nitrogen and oxygen atoms in total. The summed E-state index contributed by atoms with van der Waals surface area (Å²) in [6, 6.07) is 10.1. The minimum Gasteiger partial charge on any atom is -0.392 e. The zero-order valence-electron chi connectivity index (χ0n) is 19.5. The molecule has 2 aliphatic carbocycles. The number of carbonyl (C=O) groups is 2. The van der Waals surface area contributed by atoms with E-state index in [-0.39, 0.29) is 47.3 Å². The molecule has 2 N–H and O–H groups in total. The first-order chi connectivity index (χ1) is 15.3. The molecule has 0 radical (unpaired) electrons. The van der Waals surface area contributed by atoms with Gasteiger partial charge >= 0.3 is 0 Å². The van der Waals surface area contributed by atoms with E-state index in [1.165, 1.54) is 5.57 Å². The fourth-order valence-corrected chi connectivity index (χ4v) is 6.09. The molecule has 1 unspecified atom stereocenters. The van der Waals surface area contributed by atoms with Crippen LogP contribution in [0.2, 0.25) is 0 Å². The van der Waals surface area contributed by atoms with Crippen molar-refractivity contribution >= 4 is 11.7 Å². The van der Waals surface area contributed by atoms with Crippen molar-refractivity contribution in [3.63, 3.8) is 0 Å². The minimum atomic E-state index is -1.15. The van der Waals surface area contributed by atoms with Crippen molar-refractivity contribution in [2.24, 2.45) is 35.0 Å². The lowest BCUT2D eigenvalue weighted by molar-refractivity contribution is -0.142. The van der Waals surface area contributed by atoms with Crippen LogP contribution in [0.25, 0.3) is 0 Å². The lowest BCUT2D eigenvalue weighted by atomic mass is 9.55. The number of nitrogens with one attached hydrogen (secondary N) is 1. The van der Waals surface area contributed by atoms with Crippen LogP contribution >= 0.6 is 0 Å². The van der Waals surface area contributed by atoms with Gasteiger partial charge in [0.15, 0.2) is 5.78 Å². The lowest BCUT2D eigenvalue weighted by Gasteiger charge is -2.44. The monoisotopic (exact) mass is 433 g/mol. The average molecular weight is 434 g/mol. The van der Waals surface area contributed by atoms with Crippen LogP contribution < -0.4 is 5.32 Å². The maximum Gasteiger partial charge on any atom is 0.235 e. The zero-order chi connectivity index (χ0) is 23.0. The number of benzene rings is 1. The zero-order valence-corrected chi connectivity index (χ0v) is 19.5. The molecule has 0 aromatic heterocycles. The van der Waals surface area contributed by atoms with Gasteiger partial charge in [0.05, 0.1) is 6.10 Å². The number of hydrogen-bond acceptors (Lipinski definition) is 3. The van der Waals surface area contributed by atoms with Gasteiger partial charge in [-0.1, -0.05) is 81.0 Å². The summed E-state index contributed by atoms with van der Waals surface area (Å²) in [6.45, 7) is 8.22. The van der Waals surface area contributed by atoms with Gasteiger partial charge in [0.25, 0.3) is 0 Å². The van der Waals surface area contributed by atoms with Crippen LogP contribution in [0.5, 0.6) is 0 Å². The smallest absolute Gasteiger partial charge is 0.235 e. The largest absolute Gasteiger partial charge is 0.392 e. The molecular formula is C28H35NO3. The first-order valence-corrected chi connectivity index (χ1v) is 11.9. The number of aliphatic hydroxyl groups excluding tert-OH is 1. The summed E-state index contributed by atoms with van der Waals surface area (Å²) >= 11 is 0. The van der Waals surface area contributed by atoms with E-state index >= 15 is 0 Å². The van der Waals surface area contributed by atoms with Gasteiger partial charge in [-0.3, -0.25) is 9.59 Å². The Morgan fingerprint density at radius 2 is 1.81 bits per heavy atom. The van der Waals surface area contributed by atoms with E-state index in [1.54, 1.807) is 12.2 Å². The molecule has 4 heteroatoms. The van der Waals surface area contributed by atoms with Gasteiger partial charge in [-0.2, -0.15) is 0 Å². The van der Waals surface area contributed by atoms with Crippen molar-refractivity contribution in [2.45, 2.75) is 52.7 Å². The van der Waals surface area contributed by atoms with E-state index in [9.17, 15) is 14.7 Å². The van der Waals surface area contributed by atoms with Crippen LogP contribution in [0.4, 0.5) is 0 Å². The number of rotatable bonds is 2. The highest BCUT2D eigenvalue weighted by molar-refractivity contribution is 6.13. The normalized spacial score (nSPS) is 41.5. The van der Waals surface area contributed by atoms with Crippen molar-refractivity contribution in [1.82, 2.24) is 5.32 Å². The maximum atomic E-state index is 13.9. The Kier molecular flexibility index (Phi) is 6.26. The number of ketones is 1. The molecular weight excluding hydrogens is 398 g/mol. The molecule has 1 aromatic carbocycles. The molecule has 1 heterocycles. The van der Waals surface area contributed by atoms with Gasteiger partial charge in [-0.05, 0) is 43.2 Å². The van der Waals surface area contributed by atoms with Crippen LogP contribution in [0.15, 0.2) is 66.3 Å². The summed E-state index contributed by atoms with van der Waals surface area (Å²) in [6.07, 6.45) is 10.5. The van der Waals surface area contributed by atoms with E-state index in [2.05, 4.69) is 43.4 Å². The Morgan fingerprint density at radius 1 is 1.09 bits per heavy atom. The van der Waals surface area contributed by atoms with Gasteiger partial charge in [0, 0.05) is 23.8 Å². The van der Waals surface area contributed by atoms with Gasteiger partial charge in [-0.15, -0.1) is 0 Å². The Morgan fingerprint density at radius 3 is 2.53 bits per heavy atom. The van der Waals surface area contributed by atoms with Gasteiger partial charge < -0.3 is 10.4 Å². The summed E-state index contributed by atoms with van der Waals surface area (Å²) in [4.78, 5) is 27.6. The van der Waals surface area contributed by atoms with Crippen molar-refractivity contribution in [2.75, 3.05) is 0 Å². The highest BCUT2D eigenvalue weighted by Crippen LogP contribution is 2.54. The molecule has 1 aromatic rings. The topological polar surface area (TPSA) is 66.4 Å². The molecule has 32 heavy (non-hydrogen) atoms. The summed E-state index contributed by atoms with van der Waals surface area (Å²) in [7, 11) is 0. The van der Waals surface area contributed by atoms with Crippen molar-refractivity contribution in [3.8, 4) is 0 Å². The van der Waals surface area contributed by atoms with Crippen LogP contribution in [0, 0.1) is 35.0 Å². The third-order valence-electron chi connectivity index (χ3n) is 8.11. The summed E-state index contributed by atoms with van der Waals surface area (Å²) < 4.78 is 0. The predicted molar refractivity (Wildman–Crippen MR) is 127 cm³/mol. The SMILES string of the molecule is CC1=C[C@@H]2/C=C/CC(C)[C@@H](O)[C@@H](C)/C=C/C(=O)[C@@]23C(=O)N[C@@H](Cc2ccccc2)[C@@H]3[C@@H]1C. The Hall–Kier alpha value is -2.46. The number of allylic oxidation sites excluding steroid dienone is 5. The number of amides is 1. The van der Waals surface area contributed by atoms with E-state index in [0.29, 0.717) is 12.8 Å². The van der Waals surface area contributed by atoms with Crippen LogP contribution in [0.3, 0.4) is 0 Å². The summed E-state index contributed by atoms with van der Waals surface area (Å²) in [5.74, 6) is -0.710. The van der Waals surface area contributed by atoms with E-state index in [0.717, 1.165) is 5.56 Å². The first kappa shape index (κ1) is 22.7. The second kappa shape index (κ2) is 8.82. The molecule has 0 saturated carbocycles. The van der Waals surface area contributed by atoms with E-state index < -0.39 is 11.5 Å². The quantitative estimate of drug-likeness (QED) is 0.541. The van der Waals surface area contributed by atoms with Crippen molar-refractivity contribution in [1.29, 1.82) is 0 Å². The Balaban J connectivity index is 1.83. The van der Waals surface area contributed by atoms with Gasteiger partial charge in [0.1, 0.15) is 5.41 Å². The number of carbonyl (C=O) groups excluding carboxylic acids is 2. The molecule has 1 aliphatic heterocycles. The van der Waals surface area contributed by atoms with Gasteiger partial charge in [-0.25, -0.2) is 0 Å². The average Bonchev–Trinajstić information content (AvgIpc) is 3.07. The van der Waals surface area contributed by atoms with E-state index in [4.69, 9.17) is 0 Å². The Labute approximate surface area is 191 Å². The second-order valence-corrected chi connectivity index (χ2v) is 10.1. The lowest BCUT2D eigenvalue weighted by Crippen LogP contribution is -2.51. The highest BCUT2D eigenvalue weighted by Gasteiger charge is 2.64. The molecule has 1 amide bonds. The van der Waals surface area contributed by atoms with Crippen LogP contribution in [-0.4, -0.2) is 28.9 Å². The third-order valence-corrected chi connectivity index (χ3v) is 8.11. The number of aliphatic hydroxyl groups is 1. The molecule has 4 rings (SSSR count). The molecule has 1 saturated heterocycles. The van der Waals surface area contributed by atoms with Crippen LogP contribution in [-0.2, 0) is 16.0 Å². The van der Waals surface area contributed by atoms with Crippen molar-refractivity contribution in [3.05, 3.63) is 71.8 Å². The second-order valence-electron chi connectivity index (χ2n) is 10.1. The fraction of sp³-hybridized carbons (Fsp3) is 0.500. The minimum absolute atomic E-state index is 0.0710. The standard InChI is InChI=1S/C28H35NO3/c1-17-9-8-12-22-15-19(3)20(4)25-23(16-21-10-6-5-7-11-21)29-27(32)28(22,25)24(30)14-13-18(2)26(17)31/h5-8,10-15,17-18,20,22-23,25-26,31H,9,16H2,1-4H3,(H,29,32)/b12-8+,14-13+/t17?,18-,20+,22-,23-,25-,26+,28-/m0/s1. The molecule has 170 valence electrons. The first-order valence-electron chi connectivity index (χ1n) is 11.9. The molecule has 0 bridgehead atoms. The molecule has 8 atom stereocenters. The third kappa shape index (κ3) is 3.69. The fourth-order valence-electron chi connectivity index (χ4n) is 6.09. The predicted octanol–water partition coefficient (Wildman–Crippen LogP) is 4.26. The number of hydrogen-bond donors (Lipinski definition) is 2. The molecule has 3 aliphatic rings. The highest BCUT2D eigenvalue weighted by atomic mass is 16.3. The molecule has 1 spiro atoms. The summed E-state index contributed by atoms with van der Waals surface area (Å²) in [5.41, 5.74) is 1.23. The molecule has 1 fully saturated rings. The maximum absolute atomic E-state index is 13.9. The Bertz CT molecular complexity index is 962. The van der Waals surface area contributed by atoms with Crippen LogP contribution in [0.1, 0.15) is 39.7 Å². The summed E-state index contributed by atoms with van der Waals surface area (Å²) in [5, 5.41) is 13.9. The van der Waals surface area contributed by atoms with Gasteiger partial charge in [0.2, 0.25) is 5.91 Å². The van der Waals surface area contributed by atoms with Crippen molar-refractivity contribution < 1.29 is 14.7 Å².